The van der Waals surface area contributed by atoms with Crippen molar-refractivity contribution in [3.05, 3.63) is 64.8 Å². The predicted octanol–water partition coefficient (Wildman–Crippen LogP) is 3.88. The van der Waals surface area contributed by atoms with E-state index in [2.05, 4.69) is 17.2 Å². The van der Waals surface area contributed by atoms with Gasteiger partial charge in [-0.3, -0.25) is 23.9 Å². The molecule has 4 aliphatic rings. The first-order chi connectivity index (χ1) is 20.5. The lowest BCUT2D eigenvalue weighted by Gasteiger charge is -2.43. The summed E-state index contributed by atoms with van der Waals surface area (Å²) in [6.07, 6.45) is 7.10. The average Bonchev–Trinajstić information content (AvgIpc) is 3.24. The number of hydrogen-bond acceptors (Lipinski definition) is 6. The minimum atomic E-state index is -4.22. The number of benzene rings is 1. The Balaban J connectivity index is 1.08. The van der Waals surface area contributed by atoms with Gasteiger partial charge >= 0.3 is 7.60 Å². The molecule has 3 saturated heterocycles. The van der Waals surface area contributed by atoms with Gasteiger partial charge in [0.1, 0.15) is 12.1 Å². The van der Waals surface area contributed by atoms with Crippen LogP contribution in [0.3, 0.4) is 0 Å². The summed E-state index contributed by atoms with van der Waals surface area (Å²) in [4.78, 5) is 68.4. The molecule has 5 atom stereocenters. The summed E-state index contributed by atoms with van der Waals surface area (Å²) in [5.41, 5.74) is 1.73. The molecule has 2 aromatic heterocycles. The number of carbonyl (C=O) groups excluding carboxylic acids is 3. The van der Waals surface area contributed by atoms with E-state index < -0.39 is 19.7 Å². The highest BCUT2D eigenvalue weighted by atomic mass is 32.1. The number of pyridine rings is 1. The minimum absolute atomic E-state index is 0.00485. The van der Waals surface area contributed by atoms with Crippen molar-refractivity contribution in [1.29, 1.82) is 0 Å². The van der Waals surface area contributed by atoms with Crippen LogP contribution in [0.1, 0.15) is 65.7 Å². The normalized spacial score (nSPS) is 29.0. The Morgan fingerprint density at radius 3 is 2.72 bits per heavy atom. The molecule has 0 bridgehead atoms. The van der Waals surface area contributed by atoms with Crippen molar-refractivity contribution in [3.63, 3.8) is 0 Å². The van der Waals surface area contributed by atoms with Gasteiger partial charge in [-0.2, -0.15) is 0 Å². The van der Waals surface area contributed by atoms with Crippen LogP contribution < -0.4 is 5.32 Å². The minimum Gasteiger partial charge on any atom is -0.340 e. The lowest BCUT2D eigenvalue weighted by molar-refractivity contribution is -0.150. The zero-order valence-electron chi connectivity index (χ0n) is 23.9. The smallest absolute Gasteiger partial charge is 0.329 e. The first-order valence-electron chi connectivity index (χ1n) is 14.9. The van der Waals surface area contributed by atoms with Gasteiger partial charge in [-0.25, -0.2) is 0 Å². The second-order valence-electron chi connectivity index (χ2n) is 13.0. The van der Waals surface area contributed by atoms with Crippen LogP contribution in [-0.4, -0.2) is 73.5 Å². The summed E-state index contributed by atoms with van der Waals surface area (Å²) in [5.74, 6) is 0.0871. The maximum absolute atomic E-state index is 14.2. The number of nitrogens with zero attached hydrogens (tertiary/aromatic N) is 3. The van der Waals surface area contributed by atoms with Crippen LogP contribution in [0.15, 0.2) is 48.8 Å². The van der Waals surface area contributed by atoms with Crippen LogP contribution >= 0.6 is 18.9 Å². The number of thiophene rings is 1. The van der Waals surface area contributed by atoms with Gasteiger partial charge in [0.2, 0.25) is 11.8 Å². The standard InChI is InChI=1S/C31H35N4O6PS/c1-31-12-22(31)11-24(33-28(36)27-10-20-9-18(17-42(39,40)41)4-7-26(20)43-27)29(37)35-23(13-31)5-6-25(35)30(38)34-15-21(16-34)19-3-2-8-32-14-19/h2-4,7-10,14,21-25H,5-6,11-13,15-17H2,1H3,(H,33,36)(H2,39,40,41)/t22-,23+,24-,25-,31-/m0/s1. The third-order valence-electron chi connectivity index (χ3n) is 9.95. The van der Waals surface area contributed by atoms with E-state index in [1.54, 1.807) is 30.5 Å². The van der Waals surface area contributed by atoms with E-state index in [1.165, 1.54) is 11.3 Å². The highest BCUT2D eigenvalue weighted by Gasteiger charge is 2.58. The fraction of sp³-hybridized carbons (Fsp3) is 0.484. The Hall–Kier alpha value is -3.11. The molecule has 1 aliphatic carbocycles. The summed E-state index contributed by atoms with van der Waals surface area (Å²) < 4.78 is 12.3. The second-order valence-corrected chi connectivity index (χ2v) is 15.8. The Morgan fingerprint density at radius 2 is 1.98 bits per heavy atom. The number of likely N-dealkylation sites (tertiary alicyclic amines) is 1. The molecule has 12 heteroatoms. The van der Waals surface area contributed by atoms with E-state index in [-0.39, 0.29) is 41.3 Å². The molecule has 3 N–H and O–H groups in total. The monoisotopic (exact) mass is 622 g/mol. The third-order valence-corrected chi connectivity index (χ3v) is 11.8. The highest BCUT2D eigenvalue weighted by Crippen LogP contribution is 2.60. The number of nitrogens with one attached hydrogen (secondary N) is 1. The average molecular weight is 623 g/mol. The molecule has 5 heterocycles. The number of aromatic nitrogens is 1. The molecule has 3 aromatic rings. The largest absolute Gasteiger partial charge is 0.340 e. The zero-order valence-corrected chi connectivity index (χ0v) is 25.6. The summed E-state index contributed by atoms with van der Waals surface area (Å²) in [7, 11) is -4.22. The molecular weight excluding hydrogens is 587 g/mol. The molecule has 0 unspecified atom stereocenters. The molecule has 3 amide bonds. The third kappa shape index (κ3) is 5.52. The lowest BCUT2D eigenvalue weighted by Crippen LogP contribution is -2.60. The van der Waals surface area contributed by atoms with Crippen molar-refractivity contribution < 1.29 is 28.7 Å². The van der Waals surface area contributed by atoms with E-state index in [4.69, 9.17) is 0 Å². The van der Waals surface area contributed by atoms with Crippen molar-refractivity contribution in [2.45, 2.75) is 69.2 Å². The van der Waals surface area contributed by atoms with Crippen molar-refractivity contribution in [3.8, 4) is 0 Å². The Labute approximate surface area is 253 Å². The van der Waals surface area contributed by atoms with Crippen LogP contribution in [0.4, 0.5) is 0 Å². The van der Waals surface area contributed by atoms with Gasteiger partial charge in [-0.1, -0.05) is 19.1 Å². The molecule has 0 spiro atoms. The van der Waals surface area contributed by atoms with E-state index in [9.17, 15) is 28.7 Å². The van der Waals surface area contributed by atoms with Gasteiger partial charge in [0.15, 0.2) is 0 Å². The number of amides is 3. The maximum Gasteiger partial charge on any atom is 0.329 e. The second kappa shape index (κ2) is 10.5. The van der Waals surface area contributed by atoms with Crippen molar-refractivity contribution in [2.75, 3.05) is 13.1 Å². The van der Waals surface area contributed by atoms with Crippen LogP contribution in [0.2, 0.25) is 0 Å². The lowest BCUT2D eigenvalue weighted by atomic mass is 9.90. The predicted molar refractivity (Wildman–Crippen MR) is 161 cm³/mol. The number of hydrogen-bond donors (Lipinski definition) is 3. The van der Waals surface area contributed by atoms with Crippen LogP contribution in [0, 0.1) is 11.3 Å². The molecule has 43 heavy (non-hydrogen) atoms. The maximum atomic E-state index is 14.2. The SMILES string of the molecule is C[C@]12C[C@H]3CC[C@@H](C(=O)N4CC(c5cccnc5)C4)N3C(=O)[C@@H](NC(=O)c3cc4cc(CP(=O)(O)O)ccc4s3)C[C@H]1C2. The van der Waals surface area contributed by atoms with Crippen molar-refractivity contribution in [2.24, 2.45) is 11.3 Å². The summed E-state index contributed by atoms with van der Waals surface area (Å²) in [6.45, 7) is 3.50. The van der Waals surface area contributed by atoms with E-state index in [0.717, 1.165) is 34.9 Å². The van der Waals surface area contributed by atoms with Crippen LogP contribution in [-0.2, 0) is 20.3 Å². The van der Waals surface area contributed by atoms with E-state index in [1.807, 2.05) is 28.1 Å². The number of rotatable bonds is 6. The Bertz CT molecular complexity index is 1650. The molecule has 1 saturated carbocycles. The van der Waals surface area contributed by atoms with Crippen LogP contribution in [0.25, 0.3) is 10.1 Å². The molecular formula is C31H35N4O6PS. The quantitative estimate of drug-likeness (QED) is 0.355. The molecule has 226 valence electrons. The van der Waals surface area contributed by atoms with Gasteiger partial charge in [-0.15, -0.1) is 11.3 Å². The zero-order chi connectivity index (χ0) is 30.1. The van der Waals surface area contributed by atoms with E-state index >= 15 is 0 Å². The number of carbonyl (C=O) groups is 3. The molecule has 4 fully saturated rings. The van der Waals surface area contributed by atoms with Gasteiger partial charge < -0.3 is 24.9 Å². The first-order valence-corrected chi connectivity index (χ1v) is 17.5. The van der Waals surface area contributed by atoms with Gasteiger partial charge in [-0.05, 0) is 84.2 Å². The Kier molecular flexibility index (Phi) is 7.00. The summed E-state index contributed by atoms with van der Waals surface area (Å²) >= 11 is 1.28. The fourth-order valence-corrected chi connectivity index (χ4v) is 9.09. The number of fused-ring (bicyclic) bond motifs is 3. The topological polar surface area (TPSA) is 140 Å². The fourth-order valence-electron chi connectivity index (χ4n) is 7.47. The van der Waals surface area contributed by atoms with Crippen LogP contribution in [0.5, 0.6) is 0 Å². The van der Waals surface area contributed by atoms with Gasteiger partial charge in [0.25, 0.3) is 5.91 Å². The molecule has 0 radical (unpaired) electrons. The first kappa shape index (κ1) is 28.6. The Morgan fingerprint density at radius 1 is 1.16 bits per heavy atom. The molecule has 7 rings (SSSR count). The summed E-state index contributed by atoms with van der Waals surface area (Å²) in [5, 5.41) is 3.75. The van der Waals surface area contributed by atoms with Gasteiger partial charge in [0, 0.05) is 42.1 Å². The molecule has 1 aromatic carbocycles. The molecule has 10 nitrogen and oxygen atoms in total. The summed E-state index contributed by atoms with van der Waals surface area (Å²) in [6, 6.07) is 9.52. The highest BCUT2D eigenvalue weighted by molar-refractivity contribution is 7.50. The molecule has 3 aliphatic heterocycles. The van der Waals surface area contributed by atoms with E-state index in [0.29, 0.717) is 42.3 Å². The van der Waals surface area contributed by atoms with Crippen molar-refractivity contribution in [1.82, 2.24) is 20.1 Å². The van der Waals surface area contributed by atoms with Crippen molar-refractivity contribution >= 4 is 46.7 Å². The van der Waals surface area contributed by atoms with Gasteiger partial charge in [0.05, 0.1) is 11.0 Å².